The minimum atomic E-state index is -2.58. The molecule has 2 aromatic heterocycles. The first-order chi connectivity index (χ1) is 12.1. The summed E-state index contributed by atoms with van der Waals surface area (Å²) in [7, 11) is 0. The molecule has 0 fully saturated rings. The third-order valence-corrected chi connectivity index (χ3v) is 5.63. The van der Waals surface area contributed by atoms with E-state index in [0.717, 1.165) is 22.2 Å². The molecule has 1 aromatic carbocycles. The summed E-state index contributed by atoms with van der Waals surface area (Å²) in [6, 6.07) is 6.16. The van der Waals surface area contributed by atoms with Crippen LogP contribution in [0.5, 0.6) is 0 Å². The van der Waals surface area contributed by atoms with Crippen molar-refractivity contribution < 1.29 is 8.78 Å². The van der Waals surface area contributed by atoms with Crippen molar-refractivity contribution in [3.63, 3.8) is 0 Å². The molecule has 0 unspecified atom stereocenters. The lowest BCUT2D eigenvalue weighted by molar-refractivity contribution is 0.0678. The first-order valence-corrected chi connectivity index (χ1v) is 9.50. The number of halogens is 2. The maximum absolute atomic E-state index is 12.8. The highest BCUT2D eigenvalue weighted by atomic mass is 32.2. The van der Waals surface area contributed by atoms with Crippen LogP contribution in [-0.2, 0) is 12.2 Å². The van der Waals surface area contributed by atoms with Gasteiger partial charge in [0.25, 0.3) is 0 Å². The molecule has 5 nitrogen and oxygen atoms in total. The van der Waals surface area contributed by atoms with Crippen LogP contribution in [0.3, 0.4) is 0 Å². The molecular weight excluding hydrogens is 364 g/mol. The van der Waals surface area contributed by atoms with E-state index in [4.69, 9.17) is 0 Å². The molecule has 25 heavy (non-hydrogen) atoms. The number of alkyl halides is 2. The molecule has 3 rings (SSSR count). The molecular formula is C16H17F2N5S2. The van der Waals surface area contributed by atoms with Gasteiger partial charge in [0.15, 0.2) is 4.34 Å². The van der Waals surface area contributed by atoms with E-state index in [2.05, 4.69) is 33.5 Å². The molecule has 0 bridgehead atoms. The van der Waals surface area contributed by atoms with Gasteiger partial charge in [-0.1, -0.05) is 48.2 Å². The van der Waals surface area contributed by atoms with Crippen LogP contribution in [0.2, 0.25) is 0 Å². The van der Waals surface area contributed by atoms with Gasteiger partial charge in [0, 0.05) is 18.1 Å². The van der Waals surface area contributed by atoms with Crippen molar-refractivity contribution in [1.29, 1.82) is 0 Å². The zero-order valence-corrected chi connectivity index (χ0v) is 15.4. The van der Waals surface area contributed by atoms with E-state index < -0.39 is 6.55 Å². The number of nitrogens with one attached hydrogen (secondary N) is 1. The van der Waals surface area contributed by atoms with Gasteiger partial charge in [-0.3, -0.25) is 4.57 Å². The Bertz CT molecular complexity index is 847. The molecule has 0 aliphatic carbocycles. The molecule has 2 heterocycles. The summed E-state index contributed by atoms with van der Waals surface area (Å²) in [6.07, 6.45) is 3.57. The quantitative estimate of drug-likeness (QED) is 0.581. The standard InChI is InChI=1S/C16H17F2N5S2/c1-3-11-6-4-5-10(2)13(11)20-15-21-22-16(25-15)24-9-12-19-7-8-23(12)14(17)18/h4-8,14H,3,9H2,1-2H3,(H,20,21). The van der Waals surface area contributed by atoms with Crippen molar-refractivity contribution in [2.75, 3.05) is 5.32 Å². The number of aromatic nitrogens is 4. The number of anilines is 2. The molecule has 3 aromatic rings. The Morgan fingerprint density at radius 3 is 2.92 bits per heavy atom. The molecule has 0 spiro atoms. The number of para-hydroxylation sites is 1. The number of thioether (sulfide) groups is 1. The molecule has 0 radical (unpaired) electrons. The van der Waals surface area contributed by atoms with E-state index >= 15 is 0 Å². The fraction of sp³-hybridized carbons (Fsp3) is 0.312. The van der Waals surface area contributed by atoms with Crippen LogP contribution in [-0.4, -0.2) is 19.7 Å². The highest BCUT2D eigenvalue weighted by molar-refractivity contribution is 8.00. The van der Waals surface area contributed by atoms with E-state index in [-0.39, 0.29) is 0 Å². The van der Waals surface area contributed by atoms with Gasteiger partial charge in [-0.15, -0.1) is 10.2 Å². The lowest BCUT2D eigenvalue weighted by Crippen LogP contribution is -2.01. The fourth-order valence-corrected chi connectivity index (χ4v) is 4.09. The van der Waals surface area contributed by atoms with Crippen LogP contribution in [0, 0.1) is 6.92 Å². The normalized spacial score (nSPS) is 11.2. The third kappa shape index (κ3) is 4.16. The number of imidazole rings is 1. The molecule has 0 amide bonds. The third-order valence-electron chi connectivity index (χ3n) is 3.66. The summed E-state index contributed by atoms with van der Waals surface area (Å²) < 4.78 is 27.2. The van der Waals surface area contributed by atoms with Crippen molar-refractivity contribution in [2.45, 2.75) is 36.9 Å². The second-order valence-electron chi connectivity index (χ2n) is 5.28. The summed E-state index contributed by atoms with van der Waals surface area (Å²) in [6.45, 7) is 1.56. The highest BCUT2D eigenvalue weighted by Crippen LogP contribution is 2.32. The van der Waals surface area contributed by atoms with E-state index in [1.54, 1.807) is 0 Å². The summed E-state index contributed by atoms with van der Waals surface area (Å²) in [5.74, 6) is 0.633. The first kappa shape index (κ1) is 17.8. The second kappa shape index (κ2) is 7.92. The lowest BCUT2D eigenvalue weighted by Gasteiger charge is -2.11. The molecule has 0 saturated carbocycles. The first-order valence-electron chi connectivity index (χ1n) is 7.70. The van der Waals surface area contributed by atoms with Crippen LogP contribution < -0.4 is 5.32 Å². The largest absolute Gasteiger partial charge is 0.330 e. The van der Waals surface area contributed by atoms with Gasteiger partial charge in [0.05, 0.1) is 5.75 Å². The Labute approximate surface area is 152 Å². The van der Waals surface area contributed by atoms with Crippen molar-refractivity contribution in [1.82, 2.24) is 19.7 Å². The number of hydrogen-bond donors (Lipinski definition) is 1. The van der Waals surface area contributed by atoms with Crippen molar-refractivity contribution >= 4 is 33.9 Å². The smallest absolute Gasteiger partial charge is 0.319 e. The summed E-state index contributed by atoms with van der Waals surface area (Å²) >= 11 is 2.74. The fourth-order valence-electron chi connectivity index (χ4n) is 2.39. The molecule has 0 atom stereocenters. The Kier molecular flexibility index (Phi) is 5.64. The number of benzene rings is 1. The van der Waals surface area contributed by atoms with Crippen LogP contribution in [0.15, 0.2) is 34.9 Å². The SMILES string of the molecule is CCc1cccc(C)c1Nc1nnc(SCc2nccn2C(F)F)s1. The van der Waals surface area contributed by atoms with Crippen LogP contribution >= 0.6 is 23.1 Å². The Morgan fingerprint density at radius 1 is 1.32 bits per heavy atom. The predicted octanol–water partition coefficient (Wildman–Crippen LogP) is 5.04. The predicted molar refractivity (Wildman–Crippen MR) is 96.8 cm³/mol. The van der Waals surface area contributed by atoms with E-state index in [1.807, 2.05) is 19.1 Å². The lowest BCUT2D eigenvalue weighted by atomic mass is 10.1. The molecule has 0 aliphatic rings. The van der Waals surface area contributed by atoms with E-state index in [1.165, 1.54) is 41.1 Å². The van der Waals surface area contributed by atoms with Gasteiger partial charge in [-0.2, -0.15) is 8.78 Å². The highest BCUT2D eigenvalue weighted by Gasteiger charge is 2.14. The molecule has 0 saturated heterocycles. The zero-order valence-electron chi connectivity index (χ0n) is 13.7. The monoisotopic (exact) mass is 381 g/mol. The minimum Gasteiger partial charge on any atom is -0.330 e. The topological polar surface area (TPSA) is 55.6 Å². The summed E-state index contributed by atoms with van der Waals surface area (Å²) in [4.78, 5) is 3.96. The maximum Gasteiger partial charge on any atom is 0.319 e. The molecule has 9 heteroatoms. The van der Waals surface area contributed by atoms with Gasteiger partial charge in [0.2, 0.25) is 5.13 Å². The summed E-state index contributed by atoms with van der Waals surface area (Å²) in [5.41, 5.74) is 3.40. The second-order valence-corrected chi connectivity index (χ2v) is 7.48. The zero-order chi connectivity index (χ0) is 17.8. The van der Waals surface area contributed by atoms with Gasteiger partial charge in [-0.05, 0) is 24.5 Å². The Morgan fingerprint density at radius 2 is 2.16 bits per heavy atom. The average Bonchev–Trinajstić information content (AvgIpc) is 3.23. The minimum absolute atomic E-state index is 0.316. The Balaban J connectivity index is 1.68. The van der Waals surface area contributed by atoms with Crippen molar-refractivity contribution in [2.24, 2.45) is 0 Å². The number of rotatable bonds is 7. The van der Waals surface area contributed by atoms with Crippen molar-refractivity contribution in [3.8, 4) is 0 Å². The van der Waals surface area contributed by atoms with Gasteiger partial charge in [-0.25, -0.2) is 4.98 Å². The number of hydrogen-bond acceptors (Lipinski definition) is 6. The molecule has 0 aliphatic heterocycles. The van der Waals surface area contributed by atoms with Gasteiger partial charge in [0.1, 0.15) is 5.82 Å². The number of nitrogens with zero attached hydrogens (tertiary/aromatic N) is 4. The van der Waals surface area contributed by atoms with Crippen LogP contribution in [0.4, 0.5) is 19.6 Å². The van der Waals surface area contributed by atoms with Crippen molar-refractivity contribution in [3.05, 3.63) is 47.5 Å². The molecule has 132 valence electrons. The van der Waals surface area contributed by atoms with Crippen LogP contribution in [0.25, 0.3) is 0 Å². The summed E-state index contributed by atoms with van der Waals surface area (Å²) in [5, 5.41) is 12.3. The average molecular weight is 381 g/mol. The van der Waals surface area contributed by atoms with E-state index in [9.17, 15) is 8.78 Å². The van der Waals surface area contributed by atoms with E-state index in [0.29, 0.717) is 21.0 Å². The Hall–Kier alpha value is -2.00. The van der Waals surface area contributed by atoms with Gasteiger partial charge >= 0.3 is 6.55 Å². The van der Waals surface area contributed by atoms with Gasteiger partial charge < -0.3 is 5.32 Å². The van der Waals surface area contributed by atoms with Crippen LogP contribution in [0.1, 0.15) is 30.4 Å². The maximum atomic E-state index is 12.8. The molecule has 1 N–H and O–H groups in total. The number of aryl methyl sites for hydroxylation is 2.